The molecule has 250 valence electrons. The fraction of sp³-hybridized carbons (Fsp3) is 0.289. The van der Waals surface area contributed by atoms with Gasteiger partial charge in [0.1, 0.15) is 17.1 Å². The quantitative estimate of drug-likeness (QED) is 0.199. The molecule has 5 aromatic rings. The summed E-state index contributed by atoms with van der Waals surface area (Å²) in [5, 5.41) is 9.64. The summed E-state index contributed by atoms with van der Waals surface area (Å²) in [7, 11) is 3.45. The zero-order valence-corrected chi connectivity index (χ0v) is 28.9. The standard InChI is InChI=1S/C38H34Cl2FN5O3/c1-5-49-23-9-6-8-21(15-23)19-45-32-18-31-26-14-20(2)25(36(47)44(3)4)17-29(26)43-46(31)35(32)33(24-10-7-11-28(40)34(24)41)38(45)27-13-12-22(39)16-30(27)42-37(38)48/h6-17,32-33,35H,5,18-19H2,1-4H3,(H,42,48)/t32-,33-,35+,38+/m0/s1. The first-order chi connectivity index (χ1) is 23.5. The topological polar surface area (TPSA) is 79.7 Å². The first kappa shape index (κ1) is 31.8. The molecular weight excluding hydrogens is 664 g/mol. The van der Waals surface area contributed by atoms with Gasteiger partial charge in [-0.15, -0.1) is 0 Å². The molecule has 0 radical (unpaired) electrons. The normalized spacial score (nSPS) is 22.3. The van der Waals surface area contributed by atoms with Gasteiger partial charge in [-0.2, -0.15) is 5.10 Å². The monoisotopic (exact) mass is 697 g/mol. The van der Waals surface area contributed by atoms with Crippen LogP contribution in [0.25, 0.3) is 10.9 Å². The third-order valence-corrected chi connectivity index (χ3v) is 10.9. The summed E-state index contributed by atoms with van der Waals surface area (Å²) in [4.78, 5) is 31.7. The van der Waals surface area contributed by atoms with Crippen molar-refractivity contribution in [3.63, 3.8) is 0 Å². The van der Waals surface area contributed by atoms with Crippen molar-refractivity contribution in [2.45, 2.75) is 50.4 Å². The van der Waals surface area contributed by atoms with E-state index in [2.05, 4.69) is 10.2 Å². The molecule has 1 N–H and O–H groups in total. The minimum absolute atomic E-state index is 0.0203. The molecule has 11 heteroatoms. The van der Waals surface area contributed by atoms with Crippen LogP contribution in [0.15, 0.2) is 72.8 Å². The van der Waals surface area contributed by atoms with Crippen LogP contribution in [0.1, 0.15) is 57.2 Å². The van der Waals surface area contributed by atoms with Crippen molar-refractivity contribution < 1.29 is 18.7 Å². The minimum Gasteiger partial charge on any atom is -0.494 e. The number of benzene rings is 4. The number of hydrogen-bond donors (Lipinski definition) is 1. The van der Waals surface area contributed by atoms with E-state index in [-0.39, 0.29) is 22.9 Å². The maximum atomic E-state index is 16.5. The highest BCUT2D eigenvalue weighted by atomic mass is 35.5. The molecule has 3 aliphatic heterocycles. The summed E-state index contributed by atoms with van der Waals surface area (Å²) in [6.45, 7) is 4.76. The molecule has 4 heterocycles. The molecule has 0 bridgehead atoms. The summed E-state index contributed by atoms with van der Waals surface area (Å²) >= 11 is 12.9. The number of nitrogens with zero attached hydrogens (tertiary/aromatic N) is 4. The Morgan fingerprint density at radius 3 is 2.67 bits per heavy atom. The molecule has 3 aliphatic rings. The summed E-state index contributed by atoms with van der Waals surface area (Å²) in [6.07, 6.45) is 0.545. The number of hydrogen-bond acceptors (Lipinski definition) is 5. The van der Waals surface area contributed by atoms with Crippen LogP contribution in [0, 0.1) is 12.7 Å². The molecule has 1 spiro atoms. The van der Waals surface area contributed by atoms with Crippen molar-refractivity contribution in [3.05, 3.63) is 122 Å². The Morgan fingerprint density at radius 1 is 1.10 bits per heavy atom. The first-order valence-electron chi connectivity index (χ1n) is 16.3. The second-order valence-electron chi connectivity index (χ2n) is 13.3. The van der Waals surface area contributed by atoms with Crippen molar-refractivity contribution in [1.29, 1.82) is 0 Å². The fourth-order valence-corrected chi connectivity index (χ4v) is 8.81. The molecule has 49 heavy (non-hydrogen) atoms. The number of halogens is 3. The average molecular weight is 699 g/mol. The van der Waals surface area contributed by atoms with Crippen molar-refractivity contribution in [1.82, 2.24) is 19.6 Å². The van der Waals surface area contributed by atoms with E-state index < -0.39 is 23.3 Å². The lowest BCUT2D eigenvalue weighted by Crippen LogP contribution is -2.52. The van der Waals surface area contributed by atoms with Crippen LogP contribution in [-0.2, 0) is 23.3 Å². The van der Waals surface area contributed by atoms with E-state index in [1.165, 1.54) is 6.07 Å². The van der Waals surface area contributed by atoms with Crippen molar-refractivity contribution in [2.75, 3.05) is 26.0 Å². The number of nitrogens with one attached hydrogen (secondary N) is 1. The molecule has 8 rings (SSSR count). The van der Waals surface area contributed by atoms with Gasteiger partial charge in [0.15, 0.2) is 0 Å². The predicted octanol–water partition coefficient (Wildman–Crippen LogP) is 7.50. The molecule has 0 aliphatic carbocycles. The SMILES string of the molecule is CCOc1cccc(CN2[C@H]3Cc4c5cc(C)c(C(=O)N(C)C)cc5nn4[C@H]3[C@H](c3cccc(Cl)c3F)[C@]23C(=O)Nc2cc(Cl)ccc23)c1. The molecule has 2 amide bonds. The van der Waals surface area contributed by atoms with Gasteiger partial charge in [0, 0.05) is 71.9 Å². The second kappa shape index (κ2) is 11.6. The smallest absolute Gasteiger partial charge is 0.253 e. The minimum atomic E-state index is -1.35. The van der Waals surface area contributed by atoms with Gasteiger partial charge in [-0.3, -0.25) is 19.2 Å². The van der Waals surface area contributed by atoms with Gasteiger partial charge in [0.05, 0.1) is 23.2 Å². The van der Waals surface area contributed by atoms with Crippen molar-refractivity contribution in [2.24, 2.45) is 0 Å². The van der Waals surface area contributed by atoms with E-state index in [4.69, 9.17) is 33.0 Å². The number of ether oxygens (including phenoxy) is 1. The van der Waals surface area contributed by atoms with Gasteiger partial charge in [-0.05, 0) is 73.0 Å². The molecule has 8 nitrogen and oxygen atoms in total. The Morgan fingerprint density at radius 2 is 1.90 bits per heavy atom. The number of aryl methyl sites for hydroxylation is 1. The number of aromatic nitrogens is 2. The molecule has 1 saturated heterocycles. The van der Waals surface area contributed by atoms with Crippen LogP contribution in [0.4, 0.5) is 10.1 Å². The molecule has 0 unspecified atom stereocenters. The number of amides is 2. The van der Waals surface area contributed by atoms with Crippen molar-refractivity contribution >= 4 is 51.6 Å². The van der Waals surface area contributed by atoms with E-state index in [1.54, 1.807) is 43.3 Å². The van der Waals surface area contributed by atoms with Gasteiger partial charge in [0.2, 0.25) is 5.91 Å². The van der Waals surface area contributed by atoms with Crippen LogP contribution < -0.4 is 10.1 Å². The van der Waals surface area contributed by atoms with E-state index in [9.17, 15) is 9.59 Å². The zero-order chi connectivity index (χ0) is 34.4. The van der Waals surface area contributed by atoms with Gasteiger partial charge >= 0.3 is 0 Å². The number of anilines is 1. The zero-order valence-electron chi connectivity index (χ0n) is 27.4. The second-order valence-corrected chi connectivity index (χ2v) is 14.1. The lowest BCUT2D eigenvalue weighted by molar-refractivity contribution is -0.128. The molecule has 4 atom stereocenters. The van der Waals surface area contributed by atoms with Gasteiger partial charge in [-0.25, -0.2) is 4.39 Å². The number of fused-ring (bicyclic) bond motifs is 7. The molecule has 4 aromatic carbocycles. The lowest BCUT2D eigenvalue weighted by atomic mass is 9.73. The first-order valence-corrected chi connectivity index (χ1v) is 17.1. The third-order valence-electron chi connectivity index (χ3n) is 10.4. The summed E-state index contributed by atoms with van der Waals surface area (Å²) in [6, 6.07) is 21.4. The van der Waals surface area contributed by atoms with E-state index in [1.807, 2.05) is 61.0 Å². The Balaban J connectivity index is 1.39. The Kier molecular flexibility index (Phi) is 7.51. The number of rotatable bonds is 6. The summed E-state index contributed by atoms with van der Waals surface area (Å²) < 4.78 is 24.3. The Bertz CT molecular complexity index is 2200. The Labute approximate surface area is 293 Å². The largest absolute Gasteiger partial charge is 0.494 e. The maximum absolute atomic E-state index is 16.5. The highest BCUT2D eigenvalue weighted by Gasteiger charge is 2.69. The van der Waals surface area contributed by atoms with E-state index in [0.29, 0.717) is 46.9 Å². The highest BCUT2D eigenvalue weighted by molar-refractivity contribution is 6.31. The number of likely N-dealkylation sites (tertiary alicyclic amines) is 1. The number of carbonyl (C=O) groups is 2. The van der Waals surface area contributed by atoms with E-state index in [0.717, 1.165) is 33.5 Å². The summed E-state index contributed by atoms with van der Waals surface area (Å²) in [5.74, 6) is -0.954. The predicted molar refractivity (Wildman–Crippen MR) is 188 cm³/mol. The van der Waals surface area contributed by atoms with Crippen molar-refractivity contribution in [3.8, 4) is 5.75 Å². The lowest BCUT2D eigenvalue weighted by Gasteiger charge is -2.40. The summed E-state index contributed by atoms with van der Waals surface area (Å²) in [5.41, 5.74) is 4.31. The van der Waals surface area contributed by atoms with Gasteiger partial charge in [0.25, 0.3) is 5.91 Å². The van der Waals surface area contributed by atoms with Crippen LogP contribution in [-0.4, -0.2) is 58.1 Å². The fourth-order valence-electron chi connectivity index (χ4n) is 8.45. The highest BCUT2D eigenvalue weighted by Crippen LogP contribution is 2.64. The van der Waals surface area contributed by atoms with E-state index >= 15 is 4.39 Å². The number of carbonyl (C=O) groups excluding carboxylic acids is 2. The van der Waals surface area contributed by atoms with Gasteiger partial charge < -0.3 is 15.0 Å². The van der Waals surface area contributed by atoms with Crippen LogP contribution >= 0.6 is 23.2 Å². The Hall–Kier alpha value is -4.44. The van der Waals surface area contributed by atoms with Crippen LogP contribution in [0.3, 0.4) is 0 Å². The molecule has 1 fully saturated rings. The maximum Gasteiger partial charge on any atom is 0.253 e. The molecule has 1 aromatic heterocycles. The third kappa shape index (κ3) is 4.62. The van der Waals surface area contributed by atoms with Crippen LogP contribution in [0.2, 0.25) is 10.0 Å². The van der Waals surface area contributed by atoms with Gasteiger partial charge in [-0.1, -0.05) is 53.5 Å². The molecular formula is C38H34Cl2FN5O3. The molecule has 0 saturated carbocycles. The van der Waals surface area contributed by atoms with Crippen LogP contribution in [0.5, 0.6) is 5.75 Å². The average Bonchev–Trinajstić information content (AvgIpc) is 3.76.